The summed E-state index contributed by atoms with van der Waals surface area (Å²) in [5.74, 6) is -2.63. The van der Waals surface area contributed by atoms with Gasteiger partial charge in [-0.15, -0.1) is 0 Å². The van der Waals surface area contributed by atoms with Gasteiger partial charge in [-0.05, 0) is 38.5 Å². The molecular formula is C26H46O6. The number of ketones is 2. The van der Waals surface area contributed by atoms with Crippen molar-refractivity contribution in [1.82, 2.24) is 0 Å². The minimum absolute atomic E-state index is 0.180. The minimum atomic E-state index is -1.34. The van der Waals surface area contributed by atoms with Crippen LogP contribution in [0.15, 0.2) is 0 Å². The molecule has 32 heavy (non-hydrogen) atoms. The van der Waals surface area contributed by atoms with Crippen LogP contribution in [-0.4, -0.2) is 23.5 Å². The summed E-state index contributed by atoms with van der Waals surface area (Å²) in [6.07, 6.45) is 5.46. The lowest BCUT2D eigenvalue weighted by Gasteiger charge is -2.32. The number of unbranched alkanes of at least 4 members (excludes halogenated alkanes) is 2. The van der Waals surface area contributed by atoms with E-state index in [1.807, 2.05) is 27.7 Å². The molecule has 0 saturated carbocycles. The predicted octanol–water partition coefficient (Wildman–Crippen LogP) is 6.39. The first-order valence-corrected chi connectivity index (χ1v) is 12.6. The normalized spacial score (nSPS) is 16.9. The van der Waals surface area contributed by atoms with Gasteiger partial charge in [0.15, 0.2) is 11.6 Å². The van der Waals surface area contributed by atoms with Crippen molar-refractivity contribution < 1.29 is 29.0 Å². The molecule has 0 amide bonds. The summed E-state index contributed by atoms with van der Waals surface area (Å²) in [5.41, 5.74) is -2.69. The Morgan fingerprint density at radius 3 is 1.16 bits per heavy atom. The number of hydrogen-bond donors (Lipinski definition) is 0. The van der Waals surface area contributed by atoms with Crippen LogP contribution in [0.5, 0.6) is 0 Å². The average Bonchev–Trinajstić information content (AvgIpc) is 2.82. The molecule has 0 aliphatic rings. The summed E-state index contributed by atoms with van der Waals surface area (Å²) in [4.78, 5) is 62.7. The molecule has 6 nitrogen and oxygen atoms in total. The first-order valence-electron chi connectivity index (χ1n) is 12.6. The van der Waals surface area contributed by atoms with Gasteiger partial charge in [0.05, 0.1) is 0 Å². The van der Waals surface area contributed by atoms with Crippen LogP contribution >= 0.6 is 0 Å². The fourth-order valence-electron chi connectivity index (χ4n) is 4.15. The van der Waals surface area contributed by atoms with Crippen LogP contribution in [-0.2, 0) is 29.0 Å². The minimum Gasteiger partial charge on any atom is -0.298 e. The standard InChI is InChI=1S/C26H46O6/c1-9-15-17-25(13-5,21(27)19(7)11-3)23(29)31-32-24(30)26(14-6,18-16-10-2)22(28)20(8)12-4/h19-20H,9-18H2,1-8H3. The van der Waals surface area contributed by atoms with Crippen LogP contribution in [0.3, 0.4) is 0 Å². The Morgan fingerprint density at radius 2 is 0.938 bits per heavy atom. The predicted molar refractivity (Wildman–Crippen MR) is 126 cm³/mol. The van der Waals surface area contributed by atoms with E-state index in [1.54, 1.807) is 27.7 Å². The van der Waals surface area contributed by atoms with Crippen LogP contribution < -0.4 is 0 Å². The van der Waals surface area contributed by atoms with E-state index >= 15 is 0 Å². The molecule has 0 radical (unpaired) electrons. The van der Waals surface area contributed by atoms with E-state index in [0.29, 0.717) is 38.5 Å². The number of carbonyl (C=O) groups is 4. The summed E-state index contributed by atoms with van der Waals surface area (Å²) in [7, 11) is 0. The van der Waals surface area contributed by atoms with Crippen molar-refractivity contribution in [1.29, 1.82) is 0 Å². The Balaban J connectivity index is 5.86. The van der Waals surface area contributed by atoms with Crippen LogP contribution in [0.2, 0.25) is 0 Å². The molecule has 4 atom stereocenters. The highest BCUT2D eigenvalue weighted by molar-refractivity contribution is 6.06. The maximum atomic E-state index is 13.2. The van der Waals surface area contributed by atoms with Gasteiger partial charge < -0.3 is 0 Å². The van der Waals surface area contributed by atoms with E-state index in [0.717, 1.165) is 12.8 Å². The molecular weight excluding hydrogens is 408 g/mol. The Bertz CT molecular complexity index is 574. The van der Waals surface area contributed by atoms with Gasteiger partial charge in [-0.25, -0.2) is 19.4 Å². The summed E-state index contributed by atoms with van der Waals surface area (Å²) < 4.78 is 0. The fourth-order valence-corrected chi connectivity index (χ4v) is 4.15. The Kier molecular flexibility index (Phi) is 13.7. The number of rotatable bonds is 16. The van der Waals surface area contributed by atoms with E-state index in [2.05, 4.69) is 0 Å². The second-order valence-electron chi connectivity index (χ2n) is 9.17. The summed E-state index contributed by atoms with van der Waals surface area (Å²) in [6.45, 7) is 14.9. The van der Waals surface area contributed by atoms with Gasteiger partial charge in [-0.1, -0.05) is 81.1 Å². The van der Waals surface area contributed by atoms with E-state index in [-0.39, 0.29) is 36.2 Å². The Labute approximate surface area is 195 Å². The molecule has 0 N–H and O–H groups in total. The SMILES string of the molecule is CCCCC(CC)(C(=O)OOC(=O)C(CC)(CCCC)C(=O)C(C)CC)C(=O)C(C)CC. The largest absolute Gasteiger partial charge is 0.369 e. The first kappa shape index (κ1) is 30.3. The van der Waals surface area contributed by atoms with Gasteiger partial charge in [0, 0.05) is 11.8 Å². The number of Topliss-reactive ketones (excluding diaryl/α,β-unsaturated/α-hetero) is 2. The van der Waals surface area contributed by atoms with E-state index < -0.39 is 22.8 Å². The highest BCUT2D eigenvalue weighted by atomic mass is 17.2. The zero-order chi connectivity index (χ0) is 24.9. The van der Waals surface area contributed by atoms with E-state index in [4.69, 9.17) is 9.78 Å². The van der Waals surface area contributed by atoms with Crippen molar-refractivity contribution in [2.45, 2.75) is 120 Å². The molecule has 6 heteroatoms. The number of hydrogen-bond acceptors (Lipinski definition) is 6. The monoisotopic (exact) mass is 454 g/mol. The summed E-state index contributed by atoms with van der Waals surface area (Å²) >= 11 is 0. The van der Waals surface area contributed by atoms with Crippen molar-refractivity contribution in [2.24, 2.45) is 22.7 Å². The van der Waals surface area contributed by atoms with Crippen LogP contribution in [0.4, 0.5) is 0 Å². The smallest absolute Gasteiger partial charge is 0.298 e. The van der Waals surface area contributed by atoms with Crippen LogP contribution in [0.1, 0.15) is 120 Å². The molecule has 0 aliphatic heterocycles. The van der Waals surface area contributed by atoms with E-state index in [1.165, 1.54) is 0 Å². The highest BCUT2D eigenvalue weighted by Crippen LogP contribution is 2.38. The second kappa shape index (κ2) is 14.4. The third-order valence-electron chi connectivity index (χ3n) is 7.16. The molecule has 186 valence electrons. The molecule has 0 aromatic carbocycles. The van der Waals surface area contributed by atoms with Crippen molar-refractivity contribution in [3.8, 4) is 0 Å². The van der Waals surface area contributed by atoms with Crippen molar-refractivity contribution >= 4 is 23.5 Å². The quantitative estimate of drug-likeness (QED) is 0.152. The average molecular weight is 455 g/mol. The lowest BCUT2D eigenvalue weighted by atomic mass is 9.72. The maximum absolute atomic E-state index is 13.2. The zero-order valence-corrected chi connectivity index (χ0v) is 21.7. The molecule has 0 fully saturated rings. The first-order chi connectivity index (χ1) is 15.1. The zero-order valence-electron chi connectivity index (χ0n) is 21.7. The van der Waals surface area contributed by atoms with Crippen molar-refractivity contribution in [2.75, 3.05) is 0 Å². The summed E-state index contributed by atoms with van der Waals surface area (Å²) in [5, 5.41) is 0. The van der Waals surface area contributed by atoms with Gasteiger partial charge >= 0.3 is 11.9 Å². The van der Waals surface area contributed by atoms with Gasteiger partial charge in [-0.3, -0.25) is 9.59 Å². The molecule has 0 spiro atoms. The molecule has 0 aromatic rings. The fraction of sp³-hybridized carbons (Fsp3) is 0.846. The van der Waals surface area contributed by atoms with E-state index in [9.17, 15) is 19.2 Å². The second-order valence-corrected chi connectivity index (χ2v) is 9.17. The van der Waals surface area contributed by atoms with Crippen LogP contribution in [0.25, 0.3) is 0 Å². The van der Waals surface area contributed by atoms with Crippen molar-refractivity contribution in [3.63, 3.8) is 0 Å². The molecule has 0 saturated heterocycles. The Morgan fingerprint density at radius 1 is 0.625 bits per heavy atom. The summed E-state index contributed by atoms with van der Waals surface area (Å²) in [6, 6.07) is 0. The topological polar surface area (TPSA) is 86.7 Å². The lowest BCUT2D eigenvalue weighted by Crippen LogP contribution is -2.46. The molecule has 0 heterocycles. The third kappa shape index (κ3) is 6.89. The van der Waals surface area contributed by atoms with Crippen molar-refractivity contribution in [3.05, 3.63) is 0 Å². The maximum Gasteiger partial charge on any atom is 0.369 e. The van der Waals surface area contributed by atoms with Gasteiger partial charge in [-0.2, -0.15) is 0 Å². The van der Waals surface area contributed by atoms with Gasteiger partial charge in [0.2, 0.25) is 0 Å². The molecule has 0 aliphatic carbocycles. The molecule has 0 bridgehead atoms. The number of carbonyl (C=O) groups excluding carboxylic acids is 4. The lowest BCUT2D eigenvalue weighted by molar-refractivity contribution is -0.273. The highest BCUT2D eigenvalue weighted by Gasteiger charge is 2.50. The Hall–Kier alpha value is -1.72. The third-order valence-corrected chi connectivity index (χ3v) is 7.16. The molecule has 4 unspecified atom stereocenters. The van der Waals surface area contributed by atoms with Gasteiger partial charge in [0.1, 0.15) is 10.8 Å². The van der Waals surface area contributed by atoms with Gasteiger partial charge in [0.25, 0.3) is 0 Å². The van der Waals surface area contributed by atoms with Crippen LogP contribution in [0, 0.1) is 22.7 Å². The molecule has 0 aromatic heterocycles. The molecule has 0 rings (SSSR count).